The van der Waals surface area contributed by atoms with Crippen LogP contribution in [-0.2, 0) is 11.2 Å². The lowest BCUT2D eigenvalue weighted by atomic mass is 10.1. The molecule has 0 saturated heterocycles. The summed E-state index contributed by atoms with van der Waals surface area (Å²) < 4.78 is 0. The van der Waals surface area contributed by atoms with Crippen molar-refractivity contribution in [3.8, 4) is 5.75 Å². The highest BCUT2D eigenvalue weighted by Crippen LogP contribution is 2.29. The molecule has 0 saturated carbocycles. The van der Waals surface area contributed by atoms with E-state index in [1.54, 1.807) is 24.3 Å². The van der Waals surface area contributed by atoms with Crippen molar-refractivity contribution < 1.29 is 15.0 Å². The number of aromatic hydroxyl groups is 1. The van der Waals surface area contributed by atoms with Crippen LogP contribution in [0.15, 0.2) is 58.8 Å². The first-order chi connectivity index (χ1) is 10.1. The molecule has 0 fully saturated rings. The van der Waals surface area contributed by atoms with Gasteiger partial charge in [-0.1, -0.05) is 24.3 Å². The number of hydrogen-bond acceptors (Lipinski definition) is 5. The molecule has 0 heterocycles. The highest BCUT2D eigenvalue weighted by molar-refractivity contribution is 5.73. The molecule has 6 nitrogen and oxygen atoms in total. The normalized spacial score (nSPS) is 12.4. The van der Waals surface area contributed by atoms with Gasteiger partial charge in [0.25, 0.3) is 0 Å². The molecule has 0 spiro atoms. The van der Waals surface area contributed by atoms with Gasteiger partial charge < -0.3 is 15.9 Å². The largest absolute Gasteiger partial charge is 0.506 e. The molecule has 4 N–H and O–H groups in total. The molecule has 21 heavy (non-hydrogen) atoms. The summed E-state index contributed by atoms with van der Waals surface area (Å²) in [5, 5.41) is 26.5. The molecule has 2 aromatic carbocycles. The summed E-state index contributed by atoms with van der Waals surface area (Å²) in [5.74, 6) is -1.10. The zero-order chi connectivity index (χ0) is 15.2. The molecule has 0 bridgehead atoms. The van der Waals surface area contributed by atoms with Crippen LogP contribution in [0.2, 0.25) is 0 Å². The van der Waals surface area contributed by atoms with E-state index in [4.69, 9.17) is 10.8 Å². The third-order valence-corrected chi connectivity index (χ3v) is 2.84. The number of aliphatic carboxylic acids is 1. The second-order valence-corrected chi connectivity index (χ2v) is 4.51. The minimum atomic E-state index is -1.07. The molecular formula is C15H15N3O3. The van der Waals surface area contributed by atoms with Crippen LogP contribution in [0.3, 0.4) is 0 Å². The van der Waals surface area contributed by atoms with E-state index in [0.717, 1.165) is 0 Å². The molecule has 0 aliphatic heterocycles. The Morgan fingerprint density at radius 3 is 2.52 bits per heavy atom. The number of nitrogens with zero attached hydrogens (tertiary/aromatic N) is 2. The Morgan fingerprint density at radius 2 is 1.86 bits per heavy atom. The van der Waals surface area contributed by atoms with Crippen LogP contribution in [0.1, 0.15) is 5.56 Å². The minimum absolute atomic E-state index is 0.0256. The molecule has 0 aliphatic rings. The Kier molecular flexibility index (Phi) is 4.63. The predicted octanol–water partition coefficient (Wildman–Crippen LogP) is 2.76. The van der Waals surface area contributed by atoms with Crippen LogP contribution in [0.5, 0.6) is 5.75 Å². The van der Waals surface area contributed by atoms with Crippen molar-refractivity contribution >= 4 is 17.3 Å². The van der Waals surface area contributed by atoms with Crippen molar-refractivity contribution in [3.05, 3.63) is 54.1 Å². The van der Waals surface area contributed by atoms with Gasteiger partial charge in [-0.15, -0.1) is 5.11 Å². The number of rotatable bonds is 5. The number of phenolic OH excluding ortho intramolecular Hbond substituents is 1. The molecule has 0 radical (unpaired) electrons. The van der Waals surface area contributed by atoms with Crippen LogP contribution in [0, 0.1) is 0 Å². The lowest BCUT2D eigenvalue weighted by Gasteiger charge is -2.07. The number of carboxylic acid groups (broad SMARTS) is 1. The maximum Gasteiger partial charge on any atom is 0.320 e. The zero-order valence-corrected chi connectivity index (χ0v) is 11.2. The number of hydrogen-bond donors (Lipinski definition) is 3. The van der Waals surface area contributed by atoms with Crippen LogP contribution in [0.4, 0.5) is 11.4 Å². The summed E-state index contributed by atoms with van der Waals surface area (Å²) in [6, 6.07) is 12.7. The van der Waals surface area contributed by atoms with Gasteiger partial charge in [-0.25, -0.2) is 0 Å². The fraction of sp³-hybridized carbons (Fsp3) is 0.133. The van der Waals surface area contributed by atoms with E-state index in [2.05, 4.69) is 10.2 Å². The first-order valence-electron chi connectivity index (χ1n) is 6.33. The van der Waals surface area contributed by atoms with E-state index >= 15 is 0 Å². The second kappa shape index (κ2) is 6.62. The maximum absolute atomic E-state index is 10.7. The molecule has 0 amide bonds. The highest BCUT2D eigenvalue weighted by atomic mass is 16.4. The Hall–Kier alpha value is -2.73. The summed E-state index contributed by atoms with van der Waals surface area (Å²) in [7, 11) is 0. The van der Waals surface area contributed by atoms with E-state index in [1.165, 1.54) is 6.07 Å². The van der Waals surface area contributed by atoms with E-state index in [-0.39, 0.29) is 17.9 Å². The first-order valence-corrected chi connectivity index (χ1v) is 6.33. The van der Waals surface area contributed by atoms with Gasteiger partial charge in [-0.3, -0.25) is 4.79 Å². The van der Waals surface area contributed by atoms with E-state index in [9.17, 15) is 9.90 Å². The smallest absolute Gasteiger partial charge is 0.320 e. The Balaban J connectivity index is 2.19. The molecule has 1 atom stereocenters. The lowest BCUT2D eigenvalue weighted by Crippen LogP contribution is -2.32. The monoisotopic (exact) mass is 285 g/mol. The quantitative estimate of drug-likeness (QED) is 0.734. The van der Waals surface area contributed by atoms with Crippen molar-refractivity contribution in [2.45, 2.75) is 12.5 Å². The fourth-order valence-electron chi connectivity index (χ4n) is 1.72. The summed E-state index contributed by atoms with van der Waals surface area (Å²) in [4.78, 5) is 10.7. The number of benzene rings is 2. The van der Waals surface area contributed by atoms with Gasteiger partial charge >= 0.3 is 5.97 Å². The maximum atomic E-state index is 10.7. The lowest BCUT2D eigenvalue weighted by molar-refractivity contribution is -0.138. The molecule has 2 aromatic rings. The van der Waals surface area contributed by atoms with Gasteiger partial charge in [0, 0.05) is 0 Å². The van der Waals surface area contributed by atoms with Gasteiger partial charge in [0.2, 0.25) is 0 Å². The number of nitrogens with two attached hydrogens (primary N) is 1. The third kappa shape index (κ3) is 4.12. The van der Waals surface area contributed by atoms with Gasteiger partial charge in [-0.05, 0) is 36.2 Å². The van der Waals surface area contributed by atoms with E-state index < -0.39 is 12.0 Å². The van der Waals surface area contributed by atoms with E-state index in [1.807, 2.05) is 18.2 Å². The zero-order valence-electron chi connectivity index (χ0n) is 11.2. The predicted molar refractivity (Wildman–Crippen MR) is 78.0 cm³/mol. The summed E-state index contributed by atoms with van der Waals surface area (Å²) in [6.07, 6.45) is 0.156. The highest BCUT2D eigenvalue weighted by Gasteiger charge is 2.13. The first kappa shape index (κ1) is 14.7. The van der Waals surface area contributed by atoms with Crippen molar-refractivity contribution in [1.29, 1.82) is 0 Å². The van der Waals surface area contributed by atoms with Gasteiger partial charge in [0.05, 0.1) is 5.69 Å². The van der Waals surface area contributed by atoms with Crippen molar-refractivity contribution in [2.75, 3.05) is 0 Å². The average molecular weight is 285 g/mol. The summed E-state index contributed by atoms with van der Waals surface area (Å²) >= 11 is 0. The molecule has 1 unspecified atom stereocenters. The van der Waals surface area contributed by atoms with Crippen molar-refractivity contribution in [3.63, 3.8) is 0 Å². The Labute approximate surface area is 121 Å². The van der Waals surface area contributed by atoms with Gasteiger partial charge in [0.15, 0.2) is 0 Å². The molecular weight excluding hydrogens is 270 g/mol. The van der Waals surface area contributed by atoms with Crippen molar-refractivity contribution in [1.82, 2.24) is 0 Å². The molecule has 108 valence electrons. The topological polar surface area (TPSA) is 108 Å². The Morgan fingerprint density at radius 1 is 1.14 bits per heavy atom. The minimum Gasteiger partial charge on any atom is -0.506 e. The second-order valence-electron chi connectivity index (χ2n) is 4.51. The fourth-order valence-corrected chi connectivity index (χ4v) is 1.72. The Bertz CT molecular complexity index is 656. The molecule has 6 heteroatoms. The van der Waals surface area contributed by atoms with Crippen molar-refractivity contribution in [2.24, 2.45) is 16.0 Å². The van der Waals surface area contributed by atoms with E-state index in [0.29, 0.717) is 11.3 Å². The molecule has 2 rings (SSSR count). The number of phenols is 1. The SMILES string of the molecule is NC(Cc1ccc(O)c(/N=N/c2ccccc2)c1)C(=O)O. The van der Waals surface area contributed by atoms with Crippen LogP contribution in [-0.4, -0.2) is 22.2 Å². The van der Waals surface area contributed by atoms with Crippen LogP contribution >= 0.6 is 0 Å². The van der Waals surface area contributed by atoms with Crippen LogP contribution in [0.25, 0.3) is 0 Å². The standard InChI is InChI=1S/C15H15N3O3/c16-12(15(20)21)8-10-6-7-14(19)13(9-10)18-17-11-4-2-1-3-5-11/h1-7,9,12,19H,8,16H2,(H,20,21)/b18-17+. The molecule has 0 aliphatic carbocycles. The molecule has 0 aromatic heterocycles. The summed E-state index contributed by atoms with van der Waals surface area (Å²) in [6.45, 7) is 0. The number of carboxylic acids is 1. The van der Waals surface area contributed by atoms with Gasteiger partial charge in [0.1, 0.15) is 17.5 Å². The number of azo groups is 1. The number of carbonyl (C=O) groups is 1. The summed E-state index contributed by atoms with van der Waals surface area (Å²) in [5.41, 5.74) is 7.09. The van der Waals surface area contributed by atoms with Gasteiger partial charge in [-0.2, -0.15) is 5.11 Å². The average Bonchev–Trinajstić information content (AvgIpc) is 2.48. The third-order valence-electron chi connectivity index (χ3n) is 2.84. The van der Waals surface area contributed by atoms with Crippen LogP contribution < -0.4 is 5.73 Å².